The van der Waals surface area contributed by atoms with E-state index in [1.54, 1.807) is 10.5 Å². The number of rotatable bonds is 4. The Kier molecular flexibility index (Phi) is 5.62. The van der Waals surface area contributed by atoms with Crippen LogP contribution in [0.15, 0.2) is 102 Å². The van der Waals surface area contributed by atoms with Crippen LogP contribution in [0.5, 0.6) is 5.88 Å². The van der Waals surface area contributed by atoms with Crippen molar-refractivity contribution in [1.82, 2.24) is 14.4 Å². The molecule has 2 heterocycles. The first kappa shape index (κ1) is 22.0. The molecule has 6 rings (SSSR count). The molecule has 0 fully saturated rings. The minimum atomic E-state index is -1.37. The van der Waals surface area contributed by atoms with Crippen LogP contribution < -0.4 is 20.7 Å². The van der Waals surface area contributed by atoms with Crippen LogP contribution in [0.1, 0.15) is 0 Å². The number of nitrogens with zero attached hydrogens (tertiary/aromatic N) is 3. The van der Waals surface area contributed by atoms with Gasteiger partial charge in [-0.05, 0) is 72.8 Å². The molecule has 0 N–H and O–H groups in total. The smallest absolute Gasteiger partial charge is 0.266 e. The van der Waals surface area contributed by atoms with Gasteiger partial charge in [0.1, 0.15) is 0 Å². The topological polar surface area (TPSA) is 56.5 Å². The van der Waals surface area contributed by atoms with Gasteiger partial charge in [-0.25, -0.2) is 9.97 Å². The van der Waals surface area contributed by atoms with E-state index in [1.807, 2.05) is 91.0 Å². The highest BCUT2D eigenvalue weighted by molar-refractivity contribution is 7.68. The van der Waals surface area contributed by atoms with Crippen molar-refractivity contribution in [1.29, 1.82) is 0 Å². The predicted octanol–water partition coefficient (Wildman–Crippen LogP) is 6.13. The average molecular weight is 516 g/mol. The molecule has 0 saturated heterocycles. The van der Waals surface area contributed by atoms with Crippen molar-refractivity contribution in [2.75, 3.05) is 0 Å². The van der Waals surface area contributed by atoms with E-state index in [1.165, 1.54) is 0 Å². The van der Waals surface area contributed by atoms with Crippen LogP contribution in [0.2, 0.25) is 10.0 Å². The summed E-state index contributed by atoms with van der Waals surface area (Å²) in [5.41, 5.74) is 2.08. The molecular weight excluding hydrogens is 500 g/mol. The number of hydrogen-bond acceptors (Lipinski definition) is 4. The fraction of sp³-hybridized carbons (Fsp3) is 0. The van der Waals surface area contributed by atoms with Gasteiger partial charge in [0.2, 0.25) is 5.65 Å². The third-order valence-electron chi connectivity index (χ3n) is 5.61. The van der Waals surface area contributed by atoms with E-state index >= 15 is 0 Å². The van der Waals surface area contributed by atoms with Crippen molar-refractivity contribution in [3.05, 3.63) is 117 Å². The molecule has 0 amide bonds. The van der Waals surface area contributed by atoms with Gasteiger partial charge in [0.15, 0.2) is 8.15 Å². The van der Waals surface area contributed by atoms with Crippen molar-refractivity contribution in [2.24, 2.45) is 0 Å². The highest BCUT2D eigenvalue weighted by atomic mass is 35.5. The molecule has 0 atom stereocenters. The lowest BCUT2D eigenvalue weighted by molar-refractivity contribution is 0.605. The summed E-state index contributed by atoms with van der Waals surface area (Å²) in [5, 5.41) is 3.67. The Morgan fingerprint density at radius 3 is 1.91 bits per heavy atom. The standard InChI is InChI=1S/C27H16Cl2N3O2P/c28-17-9-13-19(14-10-17)35(20-15-11-18(29)12-16-20)34-26-25-30-22-6-2-1-5-21(22)27(33)32(25)24-8-4-3-7-23(24)31-26/h1-16H. The lowest BCUT2D eigenvalue weighted by Gasteiger charge is -2.20. The molecule has 0 unspecified atom stereocenters. The van der Waals surface area contributed by atoms with E-state index < -0.39 is 8.15 Å². The molecule has 8 heteroatoms. The van der Waals surface area contributed by atoms with Gasteiger partial charge in [-0.3, -0.25) is 9.20 Å². The minimum absolute atomic E-state index is 0.170. The normalized spacial score (nSPS) is 11.5. The van der Waals surface area contributed by atoms with Gasteiger partial charge in [0.05, 0.1) is 21.9 Å². The Labute approximate surface area is 211 Å². The second-order valence-corrected chi connectivity index (χ2v) is 10.5. The van der Waals surface area contributed by atoms with E-state index in [2.05, 4.69) is 0 Å². The molecule has 0 spiro atoms. The van der Waals surface area contributed by atoms with Gasteiger partial charge in [-0.1, -0.05) is 47.5 Å². The molecule has 0 aliphatic heterocycles. The minimum Gasteiger partial charge on any atom is -0.444 e. The van der Waals surface area contributed by atoms with Gasteiger partial charge in [-0.2, -0.15) is 0 Å². The maximum Gasteiger partial charge on any atom is 0.266 e. The first-order chi connectivity index (χ1) is 17.1. The van der Waals surface area contributed by atoms with Crippen molar-refractivity contribution in [2.45, 2.75) is 0 Å². The molecule has 0 aliphatic rings. The fourth-order valence-corrected chi connectivity index (χ4v) is 5.86. The number of para-hydroxylation sites is 3. The van der Waals surface area contributed by atoms with Crippen LogP contribution in [-0.2, 0) is 0 Å². The van der Waals surface area contributed by atoms with E-state index in [4.69, 9.17) is 37.7 Å². The van der Waals surface area contributed by atoms with Crippen molar-refractivity contribution >= 4 is 69.5 Å². The molecule has 4 aromatic carbocycles. The summed E-state index contributed by atoms with van der Waals surface area (Å²) in [5.74, 6) is 0.280. The fourth-order valence-electron chi connectivity index (χ4n) is 3.96. The molecule has 5 nitrogen and oxygen atoms in total. The lowest BCUT2D eigenvalue weighted by Crippen LogP contribution is -2.20. The zero-order valence-electron chi connectivity index (χ0n) is 18.1. The van der Waals surface area contributed by atoms with E-state index in [0.29, 0.717) is 37.6 Å². The first-order valence-corrected chi connectivity index (χ1v) is 12.8. The van der Waals surface area contributed by atoms with Crippen molar-refractivity contribution in [3.63, 3.8) is 0 Å². The van der Waals surface area contributed by atoms with E-state index in [9.17, 15) is 4.79 Å². The molecule has 0 bridgehead atoms. The molecule has 6 aromatic rings. The number of hydrogen-bond donors (Lipinski definition) is 0. The number of benzene rings is 4. The van der Waals surface area contributed by atoms with Crippen molar-refractivity contribution < 1.29 is 4.52 Å². The van der Waals surface area contributed by atoms with Gasteiger partial charge < -0.3 is 4.52 Å². The molecular formula is C27H16Cl2N3O2P. The summed E-state index contributed by atoms with van der Waals surface area (Å²) in [6, 6.07) is 29.8. The maximum atomic E-state index is 13.6. The Bertz CT molecular complexity index is 1730. The first-order valence-electron chi connectivity index (χ1n) is 10.8. The van der Waals surface area contributed by atoms with Gasteiger partial charge in [-0.15, -0.1) is 0 Å². The van der Waals surface area contributed by atoms with Crippen molar-refractivity contribution in [3.8, 4) is 5.88 Å². The monoisotopic (exact) mass is 515 g/mol. The predicted molar refractivity (Wildman–Crippen MR) is 144 cm³/mol. The molecule has 0 saturated carbocycles. The summed E-state index contributed by atoms with van der Waals surface area (Å²) in [6.07, 6.45) is 0. The highest BCUT2D eigenvalue weighted by Crippen LogP contribution is 2.38. The van der Waals surface area contributed by atoms with Crippen LogP contribution in [0.4, 0.5) is 0 Å². The third-order valence-corrected chi connectivity index (χ3v) is 8.01. The van der Waals surface area contributed by atoms with Gasteiger partial charge >= 0.3 is 0 Å². The summed E-state index contributed by atoms with van der Waals surface area (Å²) in [4.78, 5) is 23.2. The quantitative estimate of drug-likeness (QED) is 0.161. The number of fused-ring (bicyclic) bond motifs is 4. The molecule has 170 valence electrons. The molecule has 2 aromatic heterocycles. The largest absolute Gasteiger partial charge is 0.444 e. The van der Waals surface area contributed by atoms with Crippen LogP contribution >= 0.6 is 31.4 Å². The average Bonchev–Trinajstić information content (AvgIpc) is 2.88. The van der Waals surface area contributed by atoms with E-state index in [0.717, 1.165) is 10.6 Å². The second-order valence-electron chi connectivity index (χ2n) is 7.84. The van der Waals surface area contributed by atoms with Crippen LogP contribution in [-0.4, -0.2) is 14.4 Å². The summed E-state index contributed by atoms with van der Waals surface area (Å²) >= 11 is 12.3. The molecule has 35 heavy (non-hydrogen) atoms. The summed E-state index contributed by atoms with van der Waals surface area (Å²) in [7, 11) is -1.37. The maximum absolute atomic E-state index is 13.6. The number of aromatic nitrogens is 3. The molecule has 0 radical (unpaired) electrons. The Morgan fingerprint density at radius 2 is 1.26 bits per heavy atom. The Balaban J connectivity index is 1.62. The SMILES string of the molecule is O=c1c2ccccc2nc2c(OP(c3ccc(Cl)cc3)c3ccc(Cl)cc3)nc3ccccc3n12. The second kappa shape index (κ2) is 8.94. The molecule has 0 aliphatic carbocycles. The summed E-state index contributed by atoms with van der Waals surface area (Å²) in [6.45, 7) is 0. The van der Waals surface area contributed by atoms with Crippen LogP contribution in [0.25, 0.3) is 27.6 Å². The highest BCUT2D eigenvalue weighted by Gasteiger charge is 2.22. The Hall–Kier alpha value is -3.50. The van der Waals surface area contributed by atoms with Crippen LogP contribution in [0, 0.1) is 0 Å². The summed E-state index contributed by atoms with van der Waals surface area (Å²) < 4.78 is 8.22. The van der Waals surface area contributed by atoms with Gasteiger partial charge in [0, 0.05) is 20.7 Å². The number of halogens is 2. The zero-order chi connectivity index (χ0) is 23.9. The lowest BCUT2D eigenvalue weighted by atomic mass is 10.2. The zero-order valence-corrected chi connectivity index (χ0v) is 20.5. The van der Waals surface area contributed by atoms with Gasteiger partial charge in [0.25, 0.3) is 11.4 Å². The van der Waals surface area contributed by atoms with E-state index in [-0.39, 0.29) is 11.4 Å². The third kappa shape index (κ3) is 4.02. The van der Waals surface area contributed by atoms with Crippen LogP contribution in [0.3, 0.4) is 0 Å². The Morgan fingerprint density at radius 1 is 0.686 bits per heavy atom.